The van der Waals surface area contributed by atoms with Gasteiger partial charge in [0.1, 0.15) is 11.9 Å². The van der Waals surface area contributed by atoms with Crippen molar-refractivity contribution in [2.45, 2.75) is 104 Å². The molecule has 6 rings (SSSR count). The van der Waals surface area contributed by atoms with Gasteiger partial charge in [0, 0.05) is 11.3 Å². The van der Waals surface area contributed by atoms with Crippen molar-refractivity contribution in [1.29, 1.82) is 0 Å². The molecule has 0 amide bonds. The number of esters is 1. The molecule has 0 aromatic heterocycles. The standard InChI is InChI=1S/C36H50O5/c1-20(2)24-14-17-33(4)25(24)15-19-35(6)27(33)12-13-28-34(5)18-16-26(38)21(3)29(34)30(39)31(36(28,35)7)41-32(40)22-8-10-23(37)11-9-22/h8-11,24-31,37-39H,1,3,12-19H2,2,4-7H3. The number of phenolic OH excluding ortho intramolecular Hbond substituents is 1. The Morgan fingerprint density at radius 3 is 2.20 bits per heavy atom. The molecule has 0 aliphatic heterocycles. The van der Waals surface area contributed by atoms with Crippen molar-refractivity contribution >= 4 is 5.97 Å². The zero-order chi connectivity index (χ0) is 29.7. The van der Waals surface area contributed by atoms with E-state index < -0.39 is 29.7 Å². The van der Waals surface area contributed by atoms with Crippen LogP contribution in [0.3, 0.4) is 0 Å². The summed E-state index contributed by atoms with van der Waals surface area (Å²) in [4.78, 5) is 13.7. The number of allylic oxidation sites excluding steroid dienone is 1. The number of aliphatic hydroxyl groups is 2. The molecule has 5 heteroatoms. The molecule has 12 atom stereocenters. The van der Waals surface area contributed by atoms with E-state index in [2.05, 4.69) is 47.8 Å². The predicted octanol–water partition coefficient (Wildman–Crippen LogP) is 7.07. The van der Waals surface area contributed by atoms with Gasteiger partial charge in [0.05, 0.1) is 17.8 Å². The van der Waals surface area contributed by atoms with Gasteiger partial charge in [-0.05, 0) is 128 Å². The second-order valence-electron chi connectivity index (χ2n) is 15.5. The lowest BCUT2D eigenvalue weighted by Crippen LogP contribution is -2.73. The fraction of sp³-hybridized carbons (Fsp3) is 0.694. The summed E-state index contributed by atoms with van der Waals surface area (Å²) in [5, 5.41) is 33.0. The highest BCUT2D eigenvalue weighted by molar-refractivity contribution is 5.89. The molecule has 3 N–H and O–H groups in total. The van der Waals surface area contributed by atoms with Gasteiger partial charge in [0.15, 0.2) is 0 Å². The zero-order valence-corrected chi connectivity index (χ0v) is 25.7. The van der Waals surface area contributed by atoms with Crippen LogP contribution in [0.4, 0.5) is 0 Å². The highest BCUT2D eigenvalue weighted by Gasteiger charge is 2.75. The molecule has 0 saturated heterocycles. The molecule has 5 saturated carbocycles. The number of ether oxygens (including phenoxy) is 1. The van der Waals surface area contributed by atoms with E-state index in [0.29, 0.717) is 35.3 Å². The Morgan fingerprint density at radius 1 is 0.902 bits per heavy atom. The van der Waals surface area contributed by atoms with Crippen LogP contribution in [-0.2, 0) is 4.74 Å². The summed E-state index contributed by atoms with van der Waals surface area (Å²) in [6, 6.07) is 6.14. The molecule has 224 valence electrons. The Bertz CT molecular complexity index is 1250. The number of aliphatic hydroxyl groups excluding tert-OH is 2. The maximum atomic E-state index is 13.7. The number of hydrogen-bond acceptors (Lipinski definition) is 5. The Hall–Kier alpha value is -2.11. The van der Waals surface area contributed by atoms with Gasteiger partial charge in [-0.15, -0.1) is 0 Å². The van der Waals surface area contributed by atoms with Crippen LogP contribution in [0.15, 0.2) is 48.6 Å². The van der Waals surface area contributed by atoms with Crippen molar-refractivity contribution < 1.29 is 24.9 Å². The van der Waals surface area contributed by atoms with Gasteiger partial charge in [-0.2, -0.15) is 0 Å². The van der Waals surface area contributed by atoms with Crippen LogP contribution in [0.1, 0.15) is 96.3 Å². The van der Waals surface area contributed by atoms with Crippen molar-refractivity contribution in [3.8, 4) is 5.75 Å². The van der Waals surface area contributed by atoms with E-state index in [-0.39, 0.29) is 33.8 Å². The first-order valence-electron chi connectivity index (χ1n) is 15.9. The second kappa shape index (κ2) is 9.44. The molecule has 5 aliphatic carbocycles. The van der Waals surface area contributed by atoms with E-state index in [4.69, 9.17) is 4.74 Å². The van der Waals surface area contributed by atoms with Gasteiger partial charge in [0.25, 0.3) is 0 Å². The summed E-state index contributed by atoms with van der Waals surface area (Å²) in [6.07, 6.45) is 5.85. The SMILES string of the molecule is C=C(C)C1CCC2(C)C1CCC1(C)C2CCC2C3(C)CCC(O)C(=C)C3C(O)C(OC(=O)c3ccc(O)cc3)C21C. The number of hydrogen-bond donors (Lipinski definition) is 3. The lowest BCUT2D eigenvalue weighted by atomic mass is 9.32. The van der Waals surface area contributed by atoms with Crippen LogP contribution in [-0.4, -0.2) is 39.6 Å². The van der Waals surface area contributed by atoms with E-state index in [1.54, 1.807) is 12.1 Å². The molecule has 12 unspecified atom stereocenters. The first-order valence-corrected chi connectivity index (χ1v) is 15.9. The third-order valence-electron chi connectivity index (χ3n) is 14.1. The van der Waals surface area contributed by atoms with Gasteiger partial charge in [0.2, 0.25) is 0 Å². The summed E-state index contributed by atoms with van der Waals surface area (Å²) in [5.41, 5.74) is 1.69. The van der Waals surface area contributed by atoms with E-state index in [0.717, 1.165) is 32.1 Å². The van der Waals surface area contributed by atoms with Crippen LogP contribution in [0, 0.1) is 51.2 Å². The smallest absolute Gasteiger partial charge is 0.338 e. The molecule has 0 radical (unpaired) electrons. The zero-order valence-electron chi connectivity index (χ0n) is 25.7. The van der Waals surface area contributed by atoms with Gasteiger partial charge in [-0.1, -0.05) is 46.4 Å². The molecule has 0 heterocycles. The largest absolute Gasteiger partial charge is 0.508 e. The number of rotatable bonds is 3. The fourth-order valence-corrected chi connectivity index (χ4v) is 12.0. The second-order valence-corrected chi connectivity index (χ2v) is 15.5. The molecule has 1 aromatic rings. The predicted molar refractivity (Wildman–Crippen MR) is 160 cm³/mol. The molecule has 41 heavy (non-hydrogen) atoms. The van der Waals surface area contributed by atoms with Crippen molar-refractivity contribution in [3.05, 3.63) is 54.1 Å². The van der Waals surface area contributed by atoms with E-state index in [1.165, 1.54) is 30.5 Å². The molecule has 5 fully saturated rings. The minimum atomic E-state index is -0.961. The maximum absolute atomic E-state index is 13.7. The Balaban J connectivity index is 1.47. The van der Waals surface area contributed by atoms with Gasteiger partial charge in [-0.25, -0.2) is 4.79 Å². The lowest BCUT2D eigenvalue weighted by Gasteiger charge is -2.74. The van der Waals surface area contributed by atoms with Crippen LogP contribution < -0.4 is 0 Å². The highest BCUT2D eigenvalue weighted by atomic mass is 16.6. The van der Waals surface area contributed by atoms with E-state index >= 15 is 0 Å². The number of aromatic hydroxyl groups is 1. The van der Waals surface area contributed by atoms with Crippen LogP contribution in [0.5, 0.6) is 5.75 Å². The number of carbonyl (C=O) groups is 1. The number of benzene rings is 1. The topological polar surface area (TPSA) is 87.0 Å². The first-order chi connectivity index (χ1) is 19.2. The van der Waals surface area contributed by atoms with Crippen LogP contribution in [0.25, 0.3) is 0 Å². The third-order valence-corrected chi connectivity index (χ3v) is 14.1. The van der Waals surface area contributed by atoms with E-state index in [9.17, 15) is 20.1 Å². The molecule has 0 spiro atoms. The van der Waals surface area contributed by atoms with Crippen molar-refractivity contribution in [2.75, 3.05) is 0 Å². The summed E-state index contributed by atoms with van der Waals surface area (Å²) in [5.74, 6) is 1.13. The Kier molecular flexibility index (Phi) is 6.68. The molecule has 5 nitrogen and oxygen atoms in total. The van der Waals surface area contributed by atoms with Gasteiger partial charge < -0.3 is 20.1 Å². The summed E-state index contributed by atoms with van der Waals surface area (Å²) < 4.78 is 6.49. The molecule has 5 aliphatic rings. The molecular weight excluding hydrogens is 512 g/mol. The first kappa shape index (κ1) is 29.0. The van der Waals surface area contributed by atoms with Gasteiger partial charge in [-0.3, -0.25) is 0 Å². The lowest BCUT2D eigenvalue weighted by molar-refractivity contribution is -0.291. The van der Waals surface area contributed by atoms with Crippen molar-refractivity contribution in [1.82, 2.24) is 0 Å². The van der Waals surface area contributed by atoms with Gasteiger partial charge >= 0.3 is 5.97 Å². The van der Waals surface area contributed by atoms with Crippen LogP contribution >= 0.6 is 0 Å². The Labute approximate surface area is 246 Å². The fourth-order valence-electron chi connectivity index (χ4n) is 12.0. The monoisotopic (exact) mass is 562 g/mol. The summed E-state index contributed by atoms with van der Waals surface area (Å²) in [6.45, 7) is 20.5. The summed E-state index contributed by atoms with van der Waals surface area (Å²) >= 11 is 0. The minimum absolute atomic E-state index is 0.0896. The average molecular weight is 563 g/mol. The molecule has 1 aromatic carbocycles. The highest BCUT2D eigenvalue weighted by Crippen LogP contribution is 2.77. The quantitative estimate of drug-likeness (QED) is 0.271. The summed E-state index contributed by atoms with van der Waals surface area (Å²) in [7, 11) is 0. The average Bonchev–Trinajstić information content (AvgIpc) is 3.27. The number of fused-ring (bicyclic) bond motifs is 7. The van der Waals surface area contributed by atoms with Crippen molar-refractivity contribution in [2.24, 2.45) is 51.2 Å². The maximum Gasteiger partial charge on any atom is 0.338 e. The van der Waals surface area contributed by atoms with Crippen molar-refractivity contribution in [3.63, 3.8) is 0 Å². The normalized spacial score (nSPS) is 48.8. The third kappa shape index (κ3) is 3.76. The minimum Gasteiger partial charge on any atom is -0.508 e. The molecular formula is C36H50O5. The number of carbonyl (C=O) groups excluding carboxylic acids is 1. The number of phenols is 1. The molecule has 0 bridgehead atoms. The van der Waals surface area contributed by atoms with E-state index in [1.807, 2.05) is 0 Å². The Morgan fingerprint density at radius 2 is 1.54 bits per heavy atom. The van der Waals surface area contributed by atoms with Crippen LogP contribution in [0.2, 0.25) is 0 Å².